The van der Waals surface area contributed by atoms with Crippen LogP contribution in [0.1, 0.15) is 265 Å². The summed E-state index contributed by atoms with van der Waals surface area (Å²) in [6, 6.07) is 0. The molecule has 0 fully saturated rings. The number of carbonyl (C=O) groups is 2. The molecule has 9 heteroatoms. The molecule has 8 nitrogen and oxygen atoms in total. The number of hydrogen-bond donors (Lipinski definition) is 2. The third kappa shape index (κ3) is 46.0. The number of carbonyl (C=O) groups excluding carboxylic acids is 2. The van der Waals surface area contributed by atoms with Crippen molar-refractivity contribution in [1.29, 1.82) is 0 Å². The van der Waals surface area contributed by atoms with Crippen LogP contribution < -0.4 is 0 Å². The molecular formula is C48H95O8P. The van der Waals surface area contributed by atoms with Crippen LogP contribution in [-0.4, -0.2) is 41.0 Å². The van der Waals surface area contributed by atoms with E-state index in [0.717, 1.165) is 43.9 Å². The smallest absolute Gasteiger partial charge is 0.462 e. The van der Waals surface area contributed by atoms with E-state index >= 15 is 0 Å². The van der Waals surface area contributed by atoms with Gasteiger partial charge in [-0.15, -0.1) is 0 Å². The first kappa shape index (κ1) is 56.0. The van der Waals surface area contributed by atoms with Crippen molar-refractivity contribution in [2.45, 2.75) is 271 Å². The van der Waals surface area contributed by atoms with Gasteiger partial charge >= 0.3 is 19.8 Å². The predicted octanol–water partition coefficient (Wildman–Crippen LogP) is 15.3. The number of unbranched alkanes of at least 4 members (excludes halogenated alkanes) is 30. The summed E-state index contributed by atoms with van der Waals surface area (Å²) in [6.07, 6.45) is 44.0. The van der Waals surface area contributed by atoms with Crippen LogP contribution in [0.2, 0.25) is 0 Å². The molecule has 1 unspecified atom stereocenters. The van der Waals surface area contributed by atoms with Crippen molar-refractivity contribution in [3.8, 4) is 0 Å². The zero-order valence-corrected chi connectivity index (χ0v) is 39.0. The first-order valence-corrected chi connectivity index (χ1v) is 26.1. The Morgan fingerprint density at radius 3 is 1.11 bits per heavy atom. The number of phosphoric acid groups is 1. The molecule has 2 atom stereocenters. The maximum atomic E-state index is 12.5. The third-order valence-corrected chi connectivity index (χ3v) is 12.1. The summed E-state index contributed by atoms with van der Waals surface area (Å²) in [7, 11) is -4.75. The minimum Gasteiger partial charge on any atom is -0.462 e. The molecule has 2 N–H and O–H groups in total. The van der Waals surface area contributed by atoms with Gasteiger partial charge < -0.3 is 19.3 Å². The van der Waals surface area contributed by atoms with Gasteiger partial charge in [-0.3, -0.25) is 14.1 Å². The Kier molecular flexibility index (Phi) is 41.1. The Bertz CT molecular complexity index is 922. The number of hydrogen-bond acceptors (Lipinski definition) is 6. The second-order valence-corrected chi connectivity index (χ2v) is 19.1. The molecule has 0 aliphatic rings. The molecule has 0 radical (unpaired) electrons. The highest BCUT2D eigenvalue weighted by Crippen LogP contribution is 2.36. The number of esters is 2. The first-order valence-electron chi connectivity index (χ1n) is 24.6. The van der Waals surface area contributed by atoms with E-state index in [4.69, 9.17) is 19.3 Å². The van der Waals surface area contributed by atoms with E-state index in [2.05, 4.69) is 32.2 Å². The molecule has 0 bridgehead atoms. The fourth-order valence-corrected chi connectivity index (χ4v) is 7.90. The number of ether oxygens (including phenoxy) is 2. The Morgan fingerprint density at radius 2 is 0.772 bits per heavy atom. The molecular weight excluding hydrogens is 735 g/mol. The van der Waals surface area contributed by atoms with Crippen molar-refractivity contribution >= 4 is 19.8 Å². The lowest BCUT2D eigenvalue weighted by Gasteiger charge is -2.18. The van der Waals surface area contributed by atoms with Crippen molar-refractivity contribution in [3.05, 3.63) is 0 Å². The van der Waals surface area contributed by atoms with Gasteiger partial charge in [0.25, 0.3) is 0 Å². The van der Waals surface area contributed by atoms with Crippen LogP contribution in [0.3, 0.4) is 0 Å². The van der Waals surface area contributed by atoms with Crippen LogP contribution in [0.25, 0.3) is 0 Å². The Morgan fingerprint density at radius 1 is 0.456 bits per heavy atom. The van der Waals surface area contributed by atoms with E-state index in [1.54, 1.807) is 0 Å². The van der Waals surface area contributed by atoms with Gasteiger partial charge in [0.05, 0.1) is 6.61 Å². The first-order chi connectivity index (χ1) is 27.5. The van der Waals surface area contributed by atoms with E-state index < -0.39 is 32.5 Å². The van der Waals surface area contributed by atoms with Crippen LogP contribution in [0.15, 0.2) is 0 Å². The van der Waals surface area contributed by atoms with E-state index in [1.165, 1.54) is 186 Å². The molecule has 0 saturated carbocycles. The second-order valence-electron chi connectivity index (χ2n) is 17.9. The van der Waals surface area contributed by atoms with E-state index in [9.17, 15) is 14.2 Å². The maximum absolute atomic E-state index is 12.5. The molecule has 0 rings (SSSR count). The Balaban J connectivity index is 3.79. The van der Waals surface area contributed by atoms with Crippen LogP contribution >= 0.6 is 7.82 Å². The summed E-state index contributed by atoms with van der Waals surface area (Å²) in [5, 5.41) is 0. The lowest BCUT2D eigenvalue weighted by atomic mass is 9.99. The average Bonchev–Trinajstić information content (AvgIpc) is 3.17. The molecule has 340 valence electrons. The molecule has 0 aromatic carbocycles. The molecule has 0 aromatic rings. The molecule has 0 heterocycles. The molecule has 0 aromatic heterocycles. The predicted molar refractivity (Wildman–Crippen MR) is 239 cm³/mol. The zero-order valence-electron chi connectivity index (χ0n) is 38.1. The van der Waals surface area contributed by atoms with Crippen molar-refractivity contribution < 1.29 is 37.9 Å². The maximum Gasteiger partial charge on any atom is 0.469 e. The number of rotatable bonds is 45. The Labute approximate surface area is 353 Å². The summed E-state index contributed by atoms with van der Waals surface area (Å²) in [6.45, 7) is 8.48. The normalized spacial score (nSPS) is 13.0. The highest BCUT2D eigenvalue weighted by atomic mass is 31.2. The average molecular weight is 831 g/mol. The van der Waals surface area contributed by atoms with Crippen molar-refractivity contribution in [2.24, 2.45) is 11.8 Å². The van der Waals surface area contributed by atoms with Gasteiger partial charge in [0.1, 0.15) is 6.61 Å². The standard InChI is InChI=1S/C48H95O8P/c1-5-45(4)39-35-31-27-23-19-15-12-13-16-20-24-28-32-36-40-47(49)54-42-46(43-55-57(51,52)53)56-48(50)41-37-33-29-25-21-17-11-9-7-6-8-10-14-18-22-26-30-34-38-44(2)3/h44-46H,5-43H2,1-4H3,(H2,51,52,53)/t45?,46-/m1/s1. The monoisotopic (exact) mass is 831 g/mol. The summed E-state index contributed by atoms with van der Waals surface area (Å²) in [4.78, 5) is 43.0. The van der Waals surface area contributed by atoms with Crippen molar-refractivity contribution in [3.63, 3.8) is 0 Å². The number of phosphoric ester groups is 1. The van der Waals surface area contributed by atoms with Gasteiger partial charge in [-0.25, -0.2) is 4.57 Å². The van der Waals surface area contributed by atoms with Gasteiger partial charge in [0.15, 0.2) is 6.10 Å². The van der Waals surface area contributed by atoms with Crippen LogP contribution in [-0.2, 0) is 28.2 Å². The SMILES string of the molecule is CCC(C)CCCCCCCCCCCCCCCCC(=O)OC[C@H](COP(=O)(O)O)OC(=O)CCCCCCCCCCCCCCCCCCCCC(C)C. The molecule has 0 spiro atoms. The lowest BCUT2D eigenvalue weighted by molar-refractivity contribution is -0.161. The van der Waals surface area contributed by atoms with Gasteiger partial charge in [0, 0.05) is 12.8 Å². The third-order valence-electron chi connectivity index (χ3n) is 11.6. The van der Waals surface area contributed by atoms with Crippen LogP contribution in [0.4, 0.5) is 0 Å². The summed E-state index contributed by atoms with van der Waals surface area (Å²) >= 11 is 0. The minimum atomic E-state index is -4.75. The quantitative estimate of drug-likeness (QED) is 0.0354. The van der Waals surface area contributed by atoms with Gasteiger partial charge in [-0.05, 0) is 24.7 Å². The van der Waals surface area contributed by atoms with Crippen molar-refractivity contribution in [2.75, 3.05) is 13.2 Å². The summed E-state index contributed by atoms with van der Waals surface area (Å²) in [5.74, 6) is 0.868. The van der Waals surface area contributed by atoms with Crippen LogP contribution in [0, 0.1) is 11.8 Å². The highest BCUT2D eigenvalue weighted by molar-refractivity contribution is 7.46. The van der Waals surface area contributed by atoms with E-state index in [1.807, 2.05) is 0 Å². The second kappa shape index (κ2) is 41.8. The zero-order chi connectivity index (χ0) is 42.1. The van der Waals surface area contributed by atoms with Gasteiger partial charge in [0.2, 0.25) is 0 Å². The van der Waals surface area contributed by atoms with Gasteiger partial charge in [-0.2, -0.15) is 0 Å². The molecule has 0 aliphatic carbocycles. The summed E-state index contributed by atoms with van der Waals surface area (Å²) in [5.41, 5.74) is 0. The fraction of sp³-hybridized carbons (Fsp3) is 0.958. The van der Waals surface area contributed by atoms with Gasteiger partial charge in [-0.1, -0.05) is 240 Å². The molecule has 57 heavy (non-hydrogen) atoms. The van der Waals surface area contributed by atoms with E-state index in [-0.39, 0.29) is 19.4 Å². The van der Waals surface area contributed by atoms with Crippen LogP contribution in [0.5, 0.6) is 0 Å². The highest BCUT2D eigenvalue weighted by Gasteiger charge is 2.23. The lowest BCUT2D eigenvalue weighted by Crippen LogP contribution is -2.29. The molecule has 0 saturated heterocycles. The summed E-state index contributed by atoms with van der Waals surface area (Å²) < 4.78 is 26.5. The fourth-order valence-electron chi connectivity index (χ4n) is 7.54. The van der Waals surface area contributed by atoms with E-state index in [0.29, 0.717) is 6.42 Å². The molecule has 0 aliphatic heterocycles. The topological polar surface area (TPSA) is 119 Å². The largest absolute Gasteiger partial charge is 0.469 e. The molecule has 0 amide bonds. The Hall–Kier alpha value is -0.950. The minimum absolute atomic E-state index is 0.220. The van der Waals surface area contributed by atoms with Crippen molar-refractivity contribution in [1.82, 2.24) is 0 Å².